The summed E-state index contributed by atoms with van der Waals surface area (Å²) in [7, 11) is 1.65. The van der Waals surface area contributed by atoms with Crippen molar-refractivity contribution in [2.24, 2.45) is 5.92 Å². The number of aromatic amines is 1. The molecule has 1 N–H and O–H groups in total. The molecule has 2 aromatic carbocycles. The average Bonchev–Trinajstić information content (AvgIpc) is 2.77. The number of carbonyl (C=O) groups is 1. The van der Waals surface area contributed by atoms with Crippen molar-refractivity contribution in [2.45, 2.75) is 12.5 Å². The van der Waals surface area contributed by atoms with Crippen LogP contribution in [0.4, 0.5) is 11.5 Å². The fraction of sp³-hybridized carbons (Fsp3) is 0.304. The predicted octanol–water partition coefficient (Wildman–Crippen LogP) is 1.28. The summed E-state index contributed by atoms with van der Waals surface area (Å²) in [6.45, 7) is 2.26. The third-order valence-corrected chi connectivity index (χ3v) is 6.18. The molecule has 5 rings (SSSR count). The second-order valence-corrected chi connectivity index (χ2v) is 7.77. The highest BCUT2D eigenvalue weighted by molar-refractivity contribution is 5.81. The summed E-state index contributed by atoms with van der Waals surface area (Å²) >= 11 is 0. The van der Waals surface area contributed by atoms with Gasteiger partial charge in [0.15, 0.2) is 0 Å². The van der Waals surface area contributed by atoms with E-state index in [0.717, 1.165) is 46.8 Å². The quantitative estimate of drug-likeness (QED) is 0.675. The molecule has 0 unspecified atom stereocenters. The first-order valence-electron chi connectivity index (χ1n) is 9.94. The van der Waals surface area contributed by atoms with Gasteiger partial charge in [0.1, 0.15) is 23.9 Å². The summed E-state index contributed by atoms with van der Waals surface area (Å²) in [6, 6.07) is 18.0. The Morgan fingerprint density at radius 3 is 2.72 bits per heavy atom. The molecule has 6 nitrogen and oxygen atoms in total. The molecule has 2 atom stereocenters. The molecule has 148 valence electrons. The number of aliphatic carboxylic acids is 1. The summed E-state index contributed by atoms with van der Waals surface area (Å²) < 4.78 is 5.33. The minimum absolute atomic E-state index is 0.131. The van der Waals surface area contributed by atoms with Gasteiger partial charge in [0.05, 0.1) is 20.2 Å². The van der Waals surface area contributed by atoms with Gasteiger partial charge in [-0.25, -0.2) is 4.98 Å². The minimum Gasteiger partial charge on any atom is -0.550 e. The number of anilines is 2. The molecule has 3 aromatic rings. The molecule has 3 heterocycles. The van der Waals surface area contributed by atoms with Crippen LogP contribution in [0.5, 0.6) is 5.75 Å². The van der Waals surface area contributed by atoms with Crippen LogP contribution in [0.1, 0.15) is 5.56 Å². The highest BCUT2D eigenvalue weighted by atomic mass is 16.5. The number of benzene rings is 2. The molecular formula is C23H23N3O3. The molecule has 6 heteroatoms. The summed E-state index contributed by atoms with van der Waals surface area (Å²) in [5, 5.41) is 13.1. The van der Waals surface area contributed by atoms with Gasteiger partial charge in [0.25, 0.3) is 5.82 Å². The molecule has 0 amide bonds. The summed E-state index contributed by atoms with van der Waals surface area (Å²) in [4.78, 5) is 20.1. The number of carbonyl (C=O) groups excluding carboxylic acids is 1. The number of carboxylic acids is 1. The Bertz CT molecular complexity index is 1070. The molecule has 0 saturated carbocycles. The van der Waals surface area contributed by atoms with Gasteiger partial charge in [0, 0.05) is 28.5 Å². The maximum Gasteiger partial charge on any atom is 0.278 e. The van der Waals surface area contributed by atoms with Crippen molar-refractivity contribution in [3.63, 3.8) is 0 Å². The number of methoxy groups -OCH3 is 1. The SMILES string of the molecule is COc1ccc2[nH+]c3c(cc2c1)C[C@@H](C(=O)[O-])[C@H]1CN(c2ccccc2)CCN31. The lowest BCUT2D eigenvalue weighted by molar-refractivity contribution is -0.334. The van der Waals surface area contributed by atoms with E-state index in [1.54, 1.807) is 7.11 Å². The number of H-pyrrole nitrogens is 1. The first kappa shape index (κ1) is 17.8. The molecule has 0 radical (unpaired) electrons. The lowest BCUT2D eigenvalue weighted by atomic mass is 9.85. The van der Waals surface area contributed by atoms with Gasteiger partial charge in [-0.2, -0.15) is 0 Å². The molecule has 0 bridgehead atoms. The predicted molar refractivity (Wildman–Crippen MR) is 109 cm³/mol. The Balaban J connectivity index is 1.54. The Hall–Kier alpha value is -3.28. The summed E-state index contributed by atoms with van der Waals surface area (Å²) in [5.74, 6) is 0.280. The Morgan fingerprint density at radius 2 is 1.97 bits per heavy atom. The number of rotatable bonds is 3. The second-order valence-electron chi connectivity index (χ2n) is 7.77. The zero-order chi connectivity index (χ0) is 20.0. The molecule has 0 aliphatic carbocycles. The summed E-state index contributed by atoms with van der Waals surface area (Å²) in [6.07, 6.45) is 0.463. The van der Waals surface area contributed by atoms with E-state index < -0.39 is 11.9 Å². The van der Waals surface area contributed by atoms with E-state index >= 15 is 0 Å². The van der Waals surface area contributed by atoms with Gasteiger partial charge in [-0.1, -0.05) is 18.2 Å². The Morgan fingerprint density at radius 1 is 1.14 bits per heavy atom. The van der Waals surface area contributed by atoms with Crippen molar-refractivity contribution < 1.29 is 19.6 Å². The van der Waals surface area contributed by atoms with E-state index in [-0.39, 0.29) is 6.04 Å². The fourth-order valence-electron chi connectivity index (χ4n) is 4.70. The lowest BCUT2D eigenvalue weighted by Gasteiger charge is -2.45. The molecule has 29 heavy (non-hydrogen) atoms. The van der Waals surface area contributed by atoms with Gasteiger partial charge < -0.3 is 19.5 Å². The van der Waals surface area contributed by atoms with Gasteiger partial charge in [-0.05, 0) is 42.8 Å². The first-order chi connectivity index (χ1) is 14.1. The van der Waals surface area contributed by atoms with E-state index in [1.807, 2.05) is 36.4 Å². The van der Waals surface area contributed by atoms with Crippen LogP contribution in [0.3, 0.4) is 0 Å². The number of nitrogens with one attached hydrogen (secondary N) is 1. The fourth-order valence-corrected chi connectivity index (χ4v) is 4.70. The number of piperazine rings is 1. The van der Waals surface area contributed by atoms with E-state index in [9.17, 15) is 9.90 Å². The van der Waals surface area contributed by atoms with E-state index in [1.165, 1.54) is 0 Å². The first-order valence-corrected chi connectivity index (χ1v) is 9.94. The lowest BCUT2D eigenvalue weighted by Crippen LogP contribution is -2.62. The van der Waals surface area contributed by atoms with E-state index in [4.69, 9.17) is 4.74 Å². The van der Waals surface area contributed by atoms with E-state index in [0.29, 0.717) is 13.0 Å². The van der Waals surface area contributed by atoms with Crippen molar-refractivity contribution in [3.8, 4) is 5.75 Å². The van der Waals surface area contributed by atoms with Crippen LogP contribution in [-0.4, -0.2) is 38.8 Å². The minimum atomic E-state index is -0.980. The molecule has 0 spiro atoms. The van der Waals surface area contributed by atoms with Crippen molar-refractivity contribution in [3.05, 3.63) is 60.2 Å². The van der Waals surface area contributed by atoms with Gasteiger partial charge in [0.2, 0.25) is 0 Å². The number of ether oxygens (including phenoxy) is 1. The largest absolute Gasteiger partial charge is 0.550 e. The number of carboxylic acid groups (broad SMARTS) is 1. The van der Waals surface area contributed by atoms with Crippen LogP contribution in [0, 0.1) is 5.92 Å². The highest BCUT2D eigenvalue weighted by Crippen LogP contribution is 2.35. The third kappa shape index (κ3) is 3.05. The van der Waals surface area contributed by atoms with Crippen molar-refractivity contribution in [1.82, 2.24) is 0 Å². The van der Waals surface area contributed by atoms with Crippen LogP contribution in [0.15, 0.2) is 54.6 Å². The number of hydrogen-bond acceptors (Lipinski definition) is 5. The highest BCUT2D eigenvalue weighted by Gasteiger charge is 2.44. The maximum absolute atomic E-state index is 12.0. The standard InChI is InChI=1S/C23H23N3O3/c1-29-18-7-8-20-15(12-18)11-16-13-19(23(27)28)21-14-25(17-5-3-2-4-6-17)9-10-26(21)22(16)24-20/h2-8,11-12,19,21H,9-10,13-14H2,1H3,(H,27,28)/t19-,21-/m1/s1. The van der Waals surface area contributed by atoms with Gasteiger partial charge in [-0.15, -0.1) is 0 Å². The smallest absolute Gasteiger partial charge is 0.278 e. The number of pyridine rings is 1. The molecule has 2 aliphatic rings. The number of para-hydroxylation sites is 1. The Kier molecular flexibility index (Phi) is 4.27. The van der Waals surface area contributed by atoms with Crippen molar-refractivity contribution >= 4 is 28.4 Å². The number of aromatic nitrogens is 1. The molecule has 1 saturated heterocycles. The molecule has 1 fully saturated rings. The second kappa shape index (κ2) is 6.95. The van der Waals surface area contributed by atoms with Gasteiger partial charge >= 0.3 is 0 Å². The van der Waals surface area contributed by atoms with Crippen molar-refractivity contribution in [2.75, 3.05) is 36.5 Å². The van der Waals surface area contributed by atoms with Crippen LogP contribution < -0.4 is 24.6 Å². The van der Waals surface area contributed by atoms with Gasteiger partial charge in [-0.3, -0.25) is 4.90 Å². The van der Waals surface area contributed by atoms with Crippen LogP contribution >= 0.6 is 0 Å². The number of hydrogen-bond donors (Lipinski definition) is 0. The zero-order valence-electron chi connectivity index (χ0n) is 16.3. The van der Waals surface area contributed by atoms with Crippen molar-refractivity contribution in [1.29, 1.82) is 0 Å². The normalized spacial score (nSPS) is 20.9. The topological polar surface area (TPSA) is 70.0 Å². The van der Waals surface area contributed by atoms with Crippen LogP contribution in [0.2, 0.25) is 0 Å². The third-order valence-electron chi connectivity index (χ3n) is 6.18. The molecule has 1 aromatic heterocycles. The number of nitrogens with zero attached hydrogens (tertiary/aromatic N) is 2. The maximum atomic E-state index is 12.0. The van der Waals surface area contributed by atoms with Crippen LogP contribution in [-0.2, 0) is 11.2 Å². The van der Waals surface area contributed by atoms with Crippen LogP contribution in [0.25, 0.3) is 10.9 Å². The molecule has 2 aliphatic heterocycles. The molecular weight excluding hydrogens is 366 g/mol. The Labute approximate surface area is 169 Å². The summed E-state index contributed by atoms with van der Waals surface area (Å²) in [5.41, 5.74) is 3.16. The van der Waals surface area contributed by atoms with E-state index in [2.05, 4.69) is 33.0 Å². The zero-order valence-corrected chi connectivity index (χ0v) is 16.3. The average molecular weight is 389 g/mol. The monoisotopic (exact) mass is 389 g/mol. The number of fused-ring (bicyclic) bond motifs is 4.